The molecule has 1 aliphatic carbocycles. The van der Waals surface area contributed by atoms with Gasteiger partial charge in [0.2, 0.25) is 0 Å². The zero-order valence-electron chi connectivity index (χ0n) is 16.9. The molecule has 2 N–H and O–H groups in total. The van der Waals surface area contributed by atoms with Gasteiger partial charge in [0.15, 0.2) is 0 Å². The average molecular weight is 428 g/mol. The van der Waals surface area contributed by atoms with E-state index in [9.17, 15) is 8.42 Å². The SMILES string of the molecule is Cc1ccc(S(=O)(=O)NNC2c3ccccc3-c3cccc(-c4ccncc4)c32)cc1. The monoisotopic (exact) mass is 427 g/mol. The summed E-state index contributed by atoms with van der Waals surface area (Å²) in [4.78, 5) is 6.95. The third-order valence-corrected chi connectivity index (χ3v) is 6.90. The Kier molecular flexibility index (Phi) is 4.90. The van der Waals surface area contributed by atoms with E-state index >= 15 is 0 Å². The first kappa shape index (κ1) is 19.6. The summed E-state index contributed by atoms with van der Waals surface area (Å²) >= 11 is 0. The van der Waals surface area contributed by atoms with Gasteiger partial charge in [0.1, 0.15) is 0 Å². The summed E-state index contributed by atoms with van der Waals surface area (Å²) in [6.45, 7) is 1.93. The first-order valence-electron chi connectivity index (χ1n) is 10.0. The van der Waals surface area contributed by atoms with Gasteiger partial charge in [0.25, 0.3) is 10.0 Å². The Morgan fingerprint density at radius 1 is 0.774 bits per heavy atom. The summed E-state index contributed by atoms with van der Waals surface area (Å²) in [5.41, 5.74) is 10.5. The van der Waals surface area contributed by atoms with Crippen LogP contribution in [0.3, 0.4) is 0 Å². The minimum atomic E-state index is -3.72. The van der Waals surface area contributed by atoms with Crippen molar-refractivity contribution < 1.29 is 8.42 Å². The molecule has 0 aliphatic heterocycles. The summed E-state index contributed by atoms with van der Waals surface area (Å²) in [5.74, 6) is 0. The van der Waals surface area contributed by atoms with E-state index in [0.29, 0.717) is 0 Å². The molecule has 3 aromatic carbocycles. The molecule has 0 saturated carbocycles. The third-order valence-electron chi connectivity index (χ3n) is 5.62. The molecule has 1 heterocycles. The molecular weight excluding hydrogens is 406 g/mol. The molecule has 6 heteroatoms. The first-order valence-corrected chi connectivity index (χ1v) is 11.5. The predicted molar refractivity (Wildman–Crippen MR) is 122 cm³/mol. The van der Waals surface area contributed by atoms with E-state index in [1.165, 1.54) is 0 Å². The number of hydrogen-bond acceptors (Lipinski definition) is 4. The van der Waals surface area contributed by atoms with Crippen LogP contribution in [-0.2, 0) is 10.0 Å². The Hall–Kier alpha value is -3.32. The average Bonchev–Trinajstić information content (AvgIpc) is 3.12. The largest absolute Gasteiger partial charge is 0.265 e. The van der Waals surface area contributed by atoms with Crippen LogP contribution in [0.15, 0.2) is 96.2 Å². The topological polar surface area (TPSA) is 71.1 Å². The number of rotatable bonds is 5. The molecule has 1 aliphatic rings. The summed E-state index contributed by atoms with van der Waals surface area (Å²) in [6.07, 6.45) is 3.53. The van der Waals surface area contributed by atoms with Crippen molar-refractivity contribution in [2.75, 3.05) is 0 Å². The fraction of sp³-hybridized carbons (Fsp3) is 0.0800. The number of nitrogens with one attached hydrogen (secondary N) is 2. The van der Waals surface area contributed by atoms with Crippen molar-refractivity contribution in [1.29, 1.82) is 0 Å². The van der Waals surface area contributed by atoms with Crippen LogP contribution in [0.4, 0.5) is 0 Å². The van der Waals surface area contributed by atoms with Crippen molar-refractivity contribution >= 4 is 10.0 Å². The Balaban J connectivity index is 1.56. The van der Waals surface area contributed by atoms with Crippen molar-refractivity contribution in [3.63, 3.8) is 0 Å². The highest BCUT2D eigenvalue weighted by molar-refractivity contribution is 7.89. The summed E-state index contributed by atoms with van der Waals surface area (Å²) in [7, 11) is -3.72. The number of aromatic nitrogens is 1. The fourth-order valence-electron chi connectivity index (χ4n) is 4.11. The number of hydrazine groups is 1. The number of pyridine rings is 1. The number of benzene rings is 3. The second-order valence-corrected chi connectivity index (χ2v) is 9.27. The van der Waals surface area contributed by atoms with Gasteiger partial charge < -0.3 is 0 Å². The van der Waals surface area contributed by atoms with Gasteiger partial charge in [-0.3, -0.25) is 4.98 Å². The number of sulfonamides is 1. The minimum absolute atomic E-state index is 0.222. The molecule has 0 amide bonds. The van der Waals surface area contributed by atoms with Gasteiger partial charge in [-0.1, -0.05) is 60.2 Å². The van der Waals surface area contributed by atoms with Crippen LogP contribution in [0, 0.1) is 6.92 Å². The van der Waals surface area contributed by atoms with E-state index in [4.69, 9.17) is 0 Å². The normalized spacial score (nSPS) is 14.8. The lowest BCUT2D eigenvalue weighted by molar-refractivity contribution is 0.533. The maximum absolute atomic E-state index is 12.9. The Morgan fingerprint density at radius 3 is 2.23 bits per heavy atom. The van der Waals surface area contributed by atoms with Crippen LogP contribution >= 0.6 is 0 Å². The molecule has 0 spiro atoms. The minimum Gasteiger partial charge on any atom is -0.265 e. The van der Waals surface area contributed by atoms with Crippen molar-refractivity contribution in [3.8, 4) is 22.3 Å². The Bertz CT molecular complexity index is 1350. The van der Waals surface area contributed by atoms with Crippen molar-refractivity contribution in [2.45, 2.75) is 17.9 Å². The van der Waals surface area contributed by atoms with Crippen LogP contribution in [0.5, 0.6) is 0 Å². The summed E-state index contributed by atoms with van der Waals surface area (Å²) in [5, 5.41) is 0. The van der Waals surface area contributed by atoms with Crippen LogP contribution in [0.25, 0.3) is 22.3 Å². The van der Waals surface area contributed by atoms with E-state index in [1.807, 2.05) is 43.3 Å². The highest BCUT2D eigenvalue weighted by atomic mass is 32.2. The molecule has 0 radical (unpaired) electrons. The van der Waals surface area contributed by atoms with E-state index in [1.54, 1.807) is 36.7 Å². The van der Waals surface area contributed by atoms with Gasteiger partial charge in [-0.25, -0.2) is 13.8 Å². The van der Waals surface area contributed by atoms with Gasteiger partial charge >= 0.3 is 0 Å². The van der Waals surface area contributed by atoms with Crippen molar-refractivity contribution in [3.05, 3.63) is 108 Å². The van der Waals surface area contributed by atoms with Gasteiger partial charge in [-0.2, -0.15) is 0 Å². The van der Waals surface area contributed by atoms with E-state index in [-0.39, 0.29) is 10.9 Å². The standard InChI is InChI=1S/C25H21N3O2S/c1-17-9-11-19(12-10-17)31(29,30)28-27-25-23-6-3-2-5-21(23)22-8-4-7-20(24(22)25)18-13-15-26-16-14-18/h2-16,25,27-28H,1H3. The zero-order chi connectivity index (χ0) is 21.4. The van der Waals surface area contributed by atoms with Crippen LogP contribution in [0.1, 0.15) is 22.7 Å². The quantitative estimate of drug-likeness (QED) is 0.456. The highest BCUT2D eigenvalue weighted by Gasteiger charge is 2.31. The molecule has 1 aromatic heterocycles. The lowest BCUT2D eigenvalue weighted by atomic mass is 9.94. The van der Waals surface area contributed by atoms with Crippen LogP contribution in [0.2, 0.25) is 0 Å². The second-order valence-electron chi connectivity index (χ2n) is 7.59. The van der Waals surface area contributed by atoms with E-state index in [0.717, 1.165) is 38.9 Å². The Labute approximate surface area is 181 Å². The Morgan fingerprint density at radius 2 is 1.45 bits per heavy atom. The molecule has 4 aromatic rings. The molecule has 154 valence electrons. The molecule has 5 nitrogen and oxygen atoms in total. The second kappa shape index (κ2) is 7.74. The van der Waals surface area contributed by atoms with Crippen LogP contribution < -0.4 is 10.3 Å². The molecule has 0 bridgehead atoms. The molecule has 0 fully saturated rings. The summed E-state index contributed by atoms with van der Waals surface area (Å²) in [6, 6.07) is 24.6. The first-order chi connectivity index (χ1) is 15.0. The molecular formula is C25H21N3O2S. The number of aryl methyl sites for hydroxylation is 1. The number of nitrogens with zero attached hydrogens (tertiary/aromatic N) is 1. The summed E-state index contributed by atoms with van der Waals surface area (Å²) < 4.78 is 25.8. The molecule has 31 heavy (non-hydrogen) atoms. The van der Waals surface area contributed by atoms with Crippen molar-refractivity contribution in [2.24, 2.45) is 0 Å². The number of hydrogen-bond donors (Lipinski definition) is 2. The number of fused-ring (bicyclic) bond motifs is 3. The van der Waals surface area contributed by atoms with Gasteiger partial charge in [0.05, 0.1) is 10.9 Å². The van der Waals surface area contributed by atoms with Gasteiger partial charge in [0, 0.05) is 12.4 Å². The molecule has 0 saturated heterocycles. The zero-order valence-corrected chi connectivity index (χ0v) is 17.7. The maximum atomic E-state index is 12.9. The fourth-order valence-corrected chi connectivity index (χ4v) is 4.99. The molecule has 5 rings (SSSR count). The highest BCUT2D eigenvalue weighted by Crippen LogP contribution is 2.47. The maximum Gasteiger partial charge on any atom is 0.253 e. The lowest BCUT2D eigenvalue weighted by Gasteiger charge is -2.20. The van der Waals surface area contributed by atoms with E-state index < -0.39 is 10.0 Å². The molecule has 1 unspecified atom stereocenters. The third kappa shape index (κ3) is 3.55. The van der Waals surface area contributed by atoms with E-state index in [2.05, 4.69) is 33.4 Å². The van der Waals surface area contributed by atoms with Gasteiger partial charge in [-0.15, -0.1) is 4.83 Å². The molecule has 1 atom stereocenters. The van der Waals surface area contributed by atoms with Crippen molar-refractivity contribution in [1.82, 2.24) is 15.2 Å². The lowest BCUT2D eigenvalue weighted by Crippen LogP contribution is -2.39. The van der Waals surface area contributed by atoms with Gasteiger partial charge in [-0.05, 0) is 64.6 Å². The predicted octanol–water partition coefficient (Wildman–Crippen LogP) is 4.61. The smallest absolute Gasteiger partial charge is 0.253 e. The van der Waals surface area contributed by atoms with Crippen LogP contribution in [-0.4, -0.2) is 13.4 Å².